The van der Waals surface area contributed by atoms with Crippen LogP contribution in [0.25, 0.3) is 0 Å². The second-order valence-corrected chi connectivity index (χ2v) is 9.80. The summed E-state index contributed by atoms with van der Waals surface area (Å²) in [4.78, 5) is 54.0. The summed E-state index contributed by atoms with van der Waals surface area (Å²) in [6.45, 7) is 10.00. The van der Waals surface area contributed by atoms with Crippen LogP contribution in [0.3, 0.4) is 0 Å². The van der Waals surface area contributed by atoms with E-state index in [9.17, 15) is 14.4 Å². The molecule has 210 valence electrons. The summed E-state index contributed by atoms with van der Waals surface area (Å²) >= 11 is 6.02. The summed E-state index contributed by atoms with van der Waals surface area (Å²) in [7, 11) is 1.25. The zero-order valence-corrected chi connectivity index (χ0v) is 23.7. The van der Waals surface area contributed by atoms with Gasteiger partial charge in [0, 0.05) is 11.6 Å². The molecule has 12 heteroatoms. The zero-order valence-electron chi connectivity index (χ0n) is 23.0. The first kappa shape index (κ1) is 30.0. The number of nitrogens with zero attached hydrogens (tertiary/aromatic N) is 5. The normalized spacial score (nSPS) is 12.8. The molecule has 0 saturated carbocycles. The fraction of sp³-hybridized carbons (Fsp3) is 0.286. The third-order valence-corrected chi connectivity index (χ3v) is 6.02. The van der Waals surface area contributed by atoms with Gasteiger partial charge in [0.25, 0.3) is 0 Å². The van der Waals surface area contributed by atoms with Crippen molar-refractivity contribution in [3.8, 4) is 5.75 Å². The molecule has 1 N–H and O–H groups in total. The molecule has 0 bridgehead atoms. The van der Waals surface area contributed by atoms with Gasteiger partial charge in [-0.3, -0.25) is 14.3 Å². The summed E-state index contributed by atoms with van der Waals surface area (Å²) in [6, 6.07) is 13.6. The van der Waals surface area contributed by atoms with Gasteiger partial charge in [-0.2, -0.15) is 4.99 Å². The van der Waals surface area contributed by atoms with E-state index in [4.69, 9.17) is 21.1 Å². The number of hydrogen-bond acceptors (Lipinski definition) is 7. The molecule has 0 spiro atoms. The monoisotopic (exact) mass is 566 g/mol. The fourth-order valence-corrected chi connectivity index (χ4v) is 3.73. The SMILES string of the molecule is C=N/C(C)=N\C(=C/C)Oc1ccc(/N=c2\[nH]c(=O)n(CC(C)(C)C(=O)OC)c(=O)n2Cc2ccc(Cl)cc2)cc1. The summed E-state index contributed by atoms with van der Waals surface area (Å²) < 4.78 is 12.9. The lowest BCUT2D eigenvalue weighted by Crippen LogP contribution is -2.52. The third kappa shape index (κ3) is 7.54. The van der Waals surface area contributed by atoms with Crippen LogP contribution in [0, 0.1) is 5.41 Å². The molecule has 3 rings (SSSR count). The highest BCUT2D eigenvalue weighted by molar-refractivity contribution is 6.30. The van der Waals surface area contributed by atoms with Gasteiger partial charge in [-0.25, -0.2) is 24.1 Å². The number of aromatic amines is 1. The number of aliphatic imine (C=N–C) groups is 2. The number of hydrogen-bond donors (Lipinski definition) is 1. The van der Waals surface area contributed by atoms with Crippen molar-refractivity contribution in [3.05, 3.63) is 97.7 Å². The molecule has 11 nitrogen and oxygen atoms in total. The van der Waals surface area contributed by atoms with Gasteiger partial charge in [0.2, 0.25) is 11.5 Å². The molecule has 0 aliphatic heterocycles. The van der Waals surface area contributed by atoms with E-state index in [1.807, 2.05) is 0 Å². The second-order valence-electron chi connectivity index (χ2n) is 9.36. The van der Waals surface area contributed by atoms with Crippen LogP contribution in [-0.2, 0) is 22.6 Å². The number of amidine groups is 1. The molecule has 0 aliphatic rings. The van der Waals surface area contributed by atoms with Crippen molar-refractivity contribution in [2.75, 3.05) is 7.11 Å². The molecule has 3 aromatic rings. The molecule has 0 saturated heterocycles. The van der Waals surface area contributed by atoms with Crippen molar-refractivity contribution < 1.29 is 14.3 Å². The fourth-order valence-electron chi connectivity index (χ4n) is 3.61. The van der Waals surface area contributed by atoms with Gasteiger partial charge in [0.1, 0.15) is 11.6 Å². The minimum absolute atomic E-state index is 0.0252. The Balaban J connectivity index is 2.08. The Bertz CT molecular complexity index is 1630. The van der Waals surface area contributed by atoms with E-state index in [1.165, 1.54) is 11.7 Å². The molecule has 0 amide bonds. The Morgan fingerprint density at radius 1 is 1.10 bits per heavy atom. The van der Waals surface area contributed by atoms with Crippen molar-refractivity contribution in [3.63, 3.8) is 0 Å². The quantitative estimate of drug-likeness (QED) is 0.182. The average molecular weight is 567 g/mol. The molecule has 2 aromatic carbocycles. The maximum atomic E-state index is 13.6. The molecule has 0 aliphatic carbocycles. The average Bonchev–Trinajstić information content (AvgIpc) is 2.94. The third-order valence-electron chi connectivity index (χ3n) is 5.77. The summed E-state index contributed by atoms with van der Waals surface area (Å²) in [5.74, 6) is 0.745. The van der Waals surface area contributed by atoms with Crippen LogP contribution >= 0.6 is 11.6 Å². The topological polar surface area (TPSA) is 132 Å². The molecule has 0 radical (unpaired) electrons. The van der Waals surface area contributed by atoms with Crippen molar-refractivity contribution in [2.24, 2.45) is 20.4 Å². The van der Waals surface area contributed by atoms with Gasteiger partial charge < -0.3 is 9.47 Å². The van der Waals surface area contributed by atoms with Gasteiger partial charge in [0.05, 0.1) is 24.8 Å². The van der Waals surface area contributed by atoms with Crippen LogP contribution < -0.4 is 21.7 Å². The Morgan fingerprint density at radius 3 is 2.33 bits per heavy atom. The van der Waals surface area contributed by atoms with Crippen LogP contribution in [-0.4, -0.2) is 39.8 Å². The number of methoxy groups -OCH3 is 1. The van der Waals surface area contributed by atoms with E-state index in [-0.39, 0.29) is 18.7 Å². The highest BCUT2D eigenvalue weighted by atomic mass is 35.5. The van der Waals surface area contributed by atoms with E-state index < -0.39 is 22.8 Å². The minimum Gasteiger partial charge on any atom is -0.469 e. The first-order chi connectivity index (χ1) is 19.0. The number of esters is 1. The van der Waals surface area contributed by atoms with Crippen molar-refractivity contribution in [1.29, 1.82) is 0 Å². The largest absolute Gasteiger partial charge is 0.469 e. The second kappa shape index (κ2) is 13.0. The van der Waals surface area contributed by atoms with Crippen molar-refractivity contribution in [1.82, 2.24) is 14.1 Å². The Labute approximate surface area is 235 Å². The lowest BCUT2D eigenvalue weighted by molar-refractivity contribution is -0.151. The lowest BCUT2D eigenvalue weighted by Gasteiger charge is -2.22. The highest BCUT2D eigenvalue weighted by Gasteiger charge is 2.31. The molecule has 1 heterocycles. The van der Waals surface area contributed by atoms with Gasteiger partial charge in [-0.1, -0.05) is 23.7 Å². The number of halogens is 1. The molecule has 1 aromatic heterocycles. The predicted octanol–water partition coefficient (Wildman–Crippen LogP) is 3.83. The van der Waals surface area contributed by atoms with Crippen LogP contribution in [0.1, 0.15) is 33.3 Å². The summed E-state index contributed by atoms with van der Waals surface area (Å²) in [6.07, 6.45) is 1.69. The highest BCUT2D eigenvalue weighted by Crippen LogP contribution is 2.20. The Kier molecular flexibility index (Phi) is 9.78. The molecular weight excluding hydrogens is 536 g/mol. The number of H-pyrrole nitrogens is 1. The van der Waals surface area contributed by atoms with E-state index in [2.05, 4.69) is 26.7 Å². The molecule has 0 fully saturated rings. The predicted molar refractivity (Wildman–Crippen MR) is 154 cm³/mol. The smallest absolute Gasteiger partial charge is 0.335 e. The number of rotatable bonds is 9. The molecular formula is C28H31ClN6O5. The van der Waals surface area contributed by atoms with Gasteiger partial charge >= 0.3 is 17.3 Å². The van der Waals surface area contributed by atoms with Crippen molar-refractivity contribution >= 4 is 35.8 Å². The maximum absolute atomic E-state index is 13.6. The van der Waals surface area contributed by atoms with Crippen molar-refractivity contribution in [2.45, 2.75) is 40.8 Å². The van der Waals surface area contributed by atoms with Gasteiger partial charge in [-0.15, -0.1) is 0 Å². The van der Waals surface area contributed by atoms with Gasteiger partial charge in [0.15, 0.2) is 0 Å². The molecule has 0 unspecified atom stereocenters. The minimum atomic E-state index is -1.13. The first-order valence-corrected chi connectivity index (χ1v) is 12.6. The number of carbonyl (C=O) groups excluding carboxylic acids is 1. The van der Waals surface area contributed by atoms with Crippen LogP contribution in [0.15, 0.2) is 85.1 Å². The number of nitrogens with one attached hydrogen (secondary N) is 1. The lowest BCUT2D eigenvalue weighted by atomic mass is 9.94. The number of carbonyl (C=O) groups is 1. The van der Waals surface area contributed by atoms with Crippen LogP contribution in [0.2, 0.25) is 5.02 Å². The summed E-state index contributed by atoms with van der Waals surface area (Å²) in [5, 5.41) is 0.544. The molecule has 0 atom stereocenters. The Hall–Kier alpha value is -4.51. The van der Waals surface area contributed by atoms with Crippen LogP contribution in [0.4, 0.5) is 5.69 Å². The van der Waals surface area contributed by atoms with Gasteiger partial charge in [-0.05, 0) is 82.5 Å². The van der Waals surface area contributed by atoms with E-state index in [0.717, 1.165) is 10.1 Å². The van der Waals surface area contributed by atoms with E-state index in [1.54, 1.807) is 82.3 Å². The van der Waals surface area contributed by atoms with Crippen LogP contribution in [0.5, 0.6) is 5.75 Å². The number of ether oxygens (including phenoxy) is 2. The molecule has 40 heavy (non-hydrogen) atoms. The number of aromatic nitrogens is 3. The maximum Gasteiger partial charge on any atom is 0.335 e. The summed E-state index contributed by atoms with van der Waals surface area (Å²) in [5.41, 5.74) is -1.26. The van der Waals surface area contributed by atoms with E-state index in [0.29, 0.717) is 28.2 Å². The first-order valence-electron chi connectivity index (χ1n) is 12.2. The number of allylic oxidation sites excluding steroid dienone is 1. The Morgan fingerprint density at radius 2 is 1.75 bits per heavy atom. The zero-order chi connectivity index (χ0) is 29.4. The standard InChI is InChI=1S/C28H31ClN6O5/c1-7-23(31-18(2)30-5)40-22-14-12-21(13-15-22)32-25-33-26(37)35(17-28(3,4)24(36)39-6)27(38)34(25)16-19-8-10-20(29)11-9-19/h7-15H,5,16-17H2,1-4,6H3,(H,32,33,37)/b23-7+,31-18-. The number of benzene rings is 2. The van der Waals surface area contributed by atoms with E-state index >= 15 is 0 Å².